The summed E-state index contributed by atoms with van der Waals surface area (Å²) in [6.07, 6.45) is 4.11. The van der Waals surface area contributed by atoms with Gasteiger partial charge in [-0.25, -0.2) is 0 Å². The van der Waals surface area contributed by atoms with Gasteiger partial charge in [0.2, 0.25) is 11.7 Å². The minimum atomic E-state index is 0.481. The highest BCUT2D eigenvalue weighted by atomic mass is 35.5. The first-order valence-corrected chi connectivity index (χ1v) is 4.70. The molecule has 0 fully saturated rings. The molecule has 74 valence electrons. The molecule has 5 nitrogen and oxygen atoms in total. The number of hydrogen-bond acceptors (Lipinski definition) is 4. The fraction of sp³-hybridized carbons (Fsp3) is 0.375. The van der Waals surface area contributed by atoms with E-state index in [0.29, 0.717) is 24.0 Å². The highest BCUT2D eigenvalue weighted by molar-refractivity contribution is 6.17. The van der Waals surface area contributed by atoms with Crippen LogP contribution in [-0.2, 0) is 13.5 Å². The van der Waals surface area contributed by atoms with Crippen LogP contribution >= 0.6 is 11.6 Å². The molecule has 0 saturated heterocycles. The van der Waals surface area contributed by atoms with Crippen molar-refractivity contribution < 1.29 is 4.52 Å². The number of halogens is 1. The van der Waals surface area contributed by atoms with Crippen LogP contribution in [0, 0.1) is 0 Å². The lowest BCUT2D eigenvalue weighted by Gasteiger charge is -1.84. The molecule has 0 aliphatic heterocycles. The predicted octanol–water partition coefficient (Wildman–Crippen LogP) is 1.25. The molecule has 0 N–H and O–H groups in total. The number of rotatable bonds is 3. The summed E-state index contributed by atoms with van der Waals surface area (Å²) in [6.45, 7) is 0. The first-order chi connectivity index (χ1) is 6.79. The monoisotopic (exact) mass is 212 g/mol. The van der Waals surface area contributed by atoms with Crippen molar-refractivity contribution in [3.8, 4) is 11.4 Å². The average Bonchev–Trinajstić information content (AvgIpc) is 2.74. The van der Waals surface area contributed by atoms with Crippen molar-refractivity contribution >= 4 is 11.6 Å². The summed E-state index contributed by atoms with van der Waals surface area (Å²) >= 11 is 5.55. The van der Waals surface area contributed by atoms with E-state index >= 15 is 0 Å². The second kappa shape index (κ2) is 3.79. The summed E-state index contributed by atoms with van der Waals surface area (Å²) in [5.41, 5.74) is 0.845. The Bertz CT molecular complexity index is 422. The fourth-order valence-electron chi connectivity index (χ4n) is 1.09. The van der Waals surface area contributed by atoms with Crippen LogP contribution < -0.4 is 0 Å². The highest BCUT2D eigenvalue weighted by Crippen LogP contribution is 2.14. The molecule has 0 bridgehead atoms. The Morgan fingerprint density at radius 1 is 1.57 bits per heavy atom. The Balaban J connectivity index is 2.24. The number of aryl methyl sites for hydroxylation is 2. The lowest BCUT2D eigenvalue weighted by atomic mass is 10.3. The van der Waals surface area contributed by atoms with Crippen LogP contribution in [0.1, 0.15) is 5.89 Å². The van der Waals surface area contributed by atoms with E-state index in [-0.39, 0.29) is 0 Å². The summed E-state index contributed by atoms with van der Waals surface area (Å²) in [6, 6.07) is 0. The summed E-state index contributed by atoms with van der Waals surface area (Å²) in [7, 11) is 1.84. The van der Waals surface area contributed by atoms with Gasteiger partial charge in [0.15, 0.2) is 0 Å². The Hall–Kier alpha value is -1.36. The Kier molecular flexibility index (Phi) is 2.49. The van der Waals surface area contributed by atoms with Crippen molar-refractivity contribution in [2.24, 2.45) is 7.05 Å². The van der Waals surface area contributed by atoms with Crippen LogP contribution in [0.25, 0.3) is 11.4 Å². The quantitative estimate of drug-likeness (QED) is 0.719. The van der Waals surface area contributed by atoms with Gasteiger partial charge in [-0.2, -0.15) is 10.1 Å². The molecule has 2 heterocycles. The first-order valence-electron chi connectivity index (χ1n) is 4.17. The number of hydrogen-bond donors (Lipinski definition) is 0. The third-order valence-electron chi connectivity index (χ3n) is 1.74. The third kappa shape index (κ3) is 1.77. The Morgan fingerprint density at radius 2 is 2.43 bits per heavy atom. The molecule has 14 heavy (non-hydrogen) atoms. The molecule has 2 rings (SSSR count). The minimum absolute atomic E-state index is 0.481. The van der Waals surface area contributed by atoms with Gasteiger partial charge in [0.05, 0.1) is 11.8 Å². The maximum atomic E-state index is 5.55. The van der Waals surface area contributed by atoms with Gasteiger partial charge in [0, 0.05) is 25.5 Å². The van der Waals surface area contributed by atoms with Crippen LogP contribution in [0.3, 0.4) is 0 Å². The fourth-order valence-corrected chi connectivity index (χ4v) is 1.25. The van der Waals surface area contributed by atoms with Gasteiger partial charge in [-0.05, 0) is 0 Å². The lowest BCUT2D eigenvalue weighted by molar-refractivity contribution is 0.383. The summed E-state index contributed by atoms with van der Waals surface area (Å²) in [5.74, 6) is 1.59. The molecular weight excluding hydrogens is 204 g/mol. The van der Waals surface area contributed by atoms with E-state index in [2.05, 4.69) is 15.2 Å². The lowest BCUT2D eigenvalue weighted by Crippen LogP contribution is -1.86. The molecule has 0 radical (unpaired) electrons. The molecule has 2 aromatic rings. The molecule has 6 heteroatoms. The molecule has 0 atom stereocenters. The zero-order valence-corrected chi connectivity index (χ0v) is 8.40. The topological polar surface area (TPSA) is 56.7 Å². The largest absolute Gasteiger partial charge is 0.339 e. The van der Waals surface area contributed by atoms with Crippen LogP contribution in [-0.4, -0.2) is 25.8 Å². The highest BCUT2D eigenvalue weighted by Gasteiger charge is 2.09. The van der Waals surface area contributed by atoms with E-state index in [0.717, 1.165) is 5.56 Å². The van der Waals surface area contributed by atoms with Gasteiger partial charge >= 0.3 is 0 Å². The second-order valence-electron chi connectivity index (χ2n) is 2.85. The van der Waals surface area contributed by atoms with E-state index in [9.17, 15) is 0 Å². The van der Waals surface area contributed by atoms with Crippen molar-refractivity contribution in [1.82, 2.24) is 19.9 Å². The summed E-state index contributed by atoms with van der Waals surface area (Å²) < 4.78 is 6.67. The van der Waals surface area contributed by atoms with Crippen molar-refractivity contribution in [2.75, 3.05) is 5.88 Å². The molecule has 0 aliphatic carbocycles. The Labute approximate surface area is 85.7 Å². The molecule has 0 aliphatic rings. The molecule has 2 aromatic heterocycles. The van der Waals surface area contributed by atoms with Gasteiger partial charge in [-0.3, -0.25) is 4.68 Å². The molecule has 0 saturated carbocycles. The van der Waals surface area contributed by atoms with E-state index < -0.39 is 0 Å². The van der Waals surface area contributed by atoms with Crippen LogP contribution in [0.5, 0.6) is 0 Å². The normalized spacial score (nSPS) is 10.7. The number of alkyl halides is 1. The third-order valence-corrected chi connectivity index (χ3v) is 1.93. The maximum absolute atomic E-state index is 5.55. The zero-order chi connectivity index (χ0) is 9.97. The molecular formula is C8H9ClN4O. The van der Waals surface area contributed by atoms with E-state index in [1.165, 1.54) is 0 Å². The number of nitrogens with zero attached hydrogens (tertiary/aromatic N) is 4. The average molecular weight is 213 g/mol. The van der Waals surface area contributed by atoms with Gasteiger partial charge < -0.3 is 4.52 Å². The van der Waals surface area contributed by atoms with Gasteiger partial charge in [0.1, 0.15) is 0 Å². The summed E-state index contributed by atoms with van der Waals surface area (Å²) in [4.78, 5) is 4.17. The zero-order valence-electron chi connectivity index (χ0n) is 7.64. The molecule has 0 unspecified atom stereocenters. The second-order valence-corrected chi connectivity index (χ2v) is 3.23. The molecule has 0 spiro atoms. The van der Waals surface area contributed by atoms with E-state index in [1.807, 2.05) is 13.2 Å². The van der Waals surface area contributed by atoms with Gasteiger partial charge in [-0.15, -0.1) is 11.6 Å². The van der Waals surface area contributed by atoms with E-state index in [1.54, 1.807) is 10.9 Å². The SMILES string of the molecule is Cn1cc(-c2noc(CCCl)n2)cn1. The van der Waals surface area contributed by atoms with Gasteiger partial charge in [-0.1, -0.05) is 5.16 Å². The molecule has 0 amide bonds. The summed E-state index contributed by atoms with van der Waals surface area (Å²) in [5, 5.41) is 7.84. The van der Waals surface area contributed by atoms with Crippen molar-refractivity contribution in [3.63, 3.8) is 0 Å². The molecule has 0 aromatic carbocycles. The standard InChI is InChI=1S/C8H9ClN4O/c1-13-5-6(4-10-13)8-11-7(2-3-9)14-12-8/h4-5H,2-3H2,1H3. The number of aromatic nitrogens is 4. The van der Waals surface area contributed by atoms with Gasteiger partial charge in [0.25, 0.3) is 0 Å². The van der Waals surface area contributed by atoms with Crippen molar-refractivity contribution in [3.05, 3.63) is 18.3 Å². The van der Waals surface area contributed by atoms with Crippen molar-refractivity contribution in [1.29, 1.82) is 0 Å². The van der Waals surface area contributed by atoms with E-state index in [4.69, 9.17) is 16.1 Å². The van der Waals surface area contributed by atoms with Crippen molar-refractivity contribution in [2.45, 2.75) is 6.42 Å². The smallest absolute Gasteiger partial charge is 0.228 e. The first kappa shape index (κ1) is 9.21. The van der Waals surface area contributed by atoms with Crippen LogP contribution in [0.15, 0.2) is 16.9 Å². The van der Waals surface area contributed by atoms with Crippen LogP contribution in [0.4, 0.5) is 0 Å². The Morgan fingerprint density at radius 3 is 3.07 bits per heavy atom. The predicted molar refractivity (Wildman–Crippen MR) is 50.9 cm³/mol. The minimum Gasteiger partial charge on any atom is -0.339 e. The maximum Gasteiger partial charge on any atom is 0.228 e. The van der Waals surface area contributed by atoms with Crippen LogP contribution in [0.2, 0.25) is 0 Å².